The molecule has 3 atom stereocenters. The van der Waals surface area contributed by atoms with Crippen LogP contribution in [0.1, 0.15) is 43.4 Å². The fourth-order valence-electron chi connectivity index (χ4n) is 3.13. The second kappa shape index (κ2) is 7.96. The average Bonchev–Trinajstić information content (AvgIpc) is 3.03. The number of carbonyl (C=O) groups is 2. The number of anilines is 1. The van der Waals surface area contributed by atoms with E-state index in [1.807, 2.05) is 19.1 Å². The number of ether oxygens (including phenoxy) is 1. The molecule has 2 heterocycles. The lowest BCUT2D eigenvalue weighted by atomic mass is 9.97. The molecule has 0 aliphatic carbocycles. The molecular weight excluding hydrogens is 330 g/mol. The van der Waals surface area contributed by atoms with Crippen LogP contribution in [0.5, 0.6) is 0 Å². The normalized spacial score (nSPS) is 23.7. The van der Waals surface area contributed by atoms with E-state index in [0.29, 0.717) is 13.0 Å². The van der Waals surface area contributed by atoms with Crippen LogP contribution in [-0.4, -0.2) is 30.6 Å². The summed E-state index contributed by atoms with van der Waals surface area (Å²) in [6, 6.07) is 5.79. The highest BCUT2D eigenvalue weighted by Gasteiger charge is 2.30. The summed E-state index contributed by atoms with van der Waals surface area (Å²) in [5.74, 6) is -0.0288. The topological polar surface area (TPSA) is 93.5 Å². The average molecular weight is 354 g/mol. The Morgan fingerprint density at radius 3 is 2.92 bits per heavy atom. The van der Waals surface area contributed by atoms with Crippen LogP contribution in [0.25, 0.3) is 0 Å². The van der Waals surface area contributed by atoms with Gasteiger partial charge in [0.1, 0.15) is 6.10 Å². The van der Waals surface area contributed by atoms with Gasteiger partial charge >= 0.3 is 0 Å². The van der Waals surface area contributed by atoms with Gasteiger partial charge in [0.15, 0.2) is 0 Å². The van der Waals surface area contributed by atoms with Crippen molar-refractivity contribution < 1.29 is 14.3 Å². The molecule has 0 saturated carbocycles. The first-order chi connectivity index (χ1) is 11.1. The fourth-order valence-corrected chi connectivity index (χ4v) is 3.13. The largest absolute Gasteiger partial charge is 0.364 e. The number of nitrogens with one attached hydrogen (secondary N) is 2. The third-order valence-electron chi connectivity index (χ3n) is 4.55. The SMILES string of the molecule is CC(NC(=O)[C@@H]1CC[C@H](CN)O1)c1ccc2c(c1)CCC(=O)N2.Cl. The van der Waals surface area contributed by atoms with Gasteiger partial charge in [-0.15, -0.1) is 12.4 Å². The summed E-state index contributed by atoms with van der Waals surface area (Å²) in [7, 11) is 0. The molecule has 1 aromatic rings. The van der Waals surface area contributed by atoms with Crippen molar-refractivity contribution in [2.45, 2.75) is 50.9 Å². The van der Waals surface area contributed by atoms with Crippen molar-refractivity contribution >= 4 is 29.9 Å². The first kappa shape index (κ1) is 18.7. The molecule has 0 aromatic heterocycles. The molecule has 2 amide bonds. The summed E-state index contributed by atoms with van der Waals surface area (Å²) in [6.45, 7) is 2.41. The summed E-state index contributed by atoms with van der Waals surface area (Å²) in [5.41, 5.74) is 8.59. The second-order valence-corrected chi connectivity index (χ2v) is 6.25. The zero-order valence-corrected chi connectivity index (χ0v) is 14.5. The summed E-state index contributed by atoms with van der Waals surface area (Å²) < 4.78 is 5.63. The molecule has 1 fully saturated rings. The zero-order valence-electron chi connectivity index (χ0n) is 13.7. The fraction of sp³-hybridized carbons (Fsp3) is 0.529. The molecule has 132 valence electrons. The summed E-state index contributed by atoms with van der Waals surface area (Å²) in [4.78, 5) is 23.7. The zero-order chi connectivity index (χ0) is 16.4. The van der Waals surface area contributed by atoms with E-state index in [1.165, 1.54) is 0 Å². The number of carbonyl (C=O) groups excluding carboxylic acids is 2. The number of amides is 2. The Morgan fingerprint density at radius 2 is 2.21 bits per heavy atom. The van der Waals surface area contributed by atoms with Gasteiger partial charge in [-0.25, -0.2) is 0 Å². The van der Waals surface area contributed by atoms with E-state index in [2.05, 4.69) is 16.7 Å². The van der Waals surface area contributed by atoms with E-state index in [-0.39, 0.29) is 36.4 Å². The molecule has 0 radical (unpaired) electrons. The van der Waals surface area contributed by atoms with E-state index in [0.717, 1.165) is 36.1 Å². The minimum Gasteiger partial charge on any atom is -0.364 e. The molecular formula is C17H24ClN3O3. The number of hydrogen-bond donors (Lipinski definition) is 3. The maximum Gasteiger partial charge on any atom is 0.249 e. The molecule has 0 spiro atoms. The number of aryl methyl sites for hydroxylation is 1. The van der Waals surface area contributed by atoms with Gasteiger partial charge in [-0.05, 0) is 43.4 Å². The predicted octanol–water partition coefficient (Wildman–Crippen LogP) is 1.68. The molecule has 2 aliphatic heterocycles. The van der Waals surface area contributed by atoms with Crippen LogP contribution in [0.2, 0.25) is 0 Å². The summed E-state index contributed by atoms with van der Waals surface area (Å²) >= 11 is 0. The molecule has 7 heteroatoms. The second-order valence-electron chi connectivity index (χ2n) is 6.25. The van der Waals surface area contributed by atoms with Crippen molar-refractivity contribution in [2.24, 2.45) is 5.73 Å². The summed E-state index contributed by atoms with van der Waals surface area (Å²) in [5, 5.41) is 5.87. The lowest BCUT2D eigenvalue weighted by Crippen LogP contribution is -2.37. The monoisotopic (exact) mass is 353 g/mol. The third kappa shape index (κ3) is 4.06. The molecule has 1 saturated heterocycles. The van der Waals surface area contributed by atoms with Crippen molar-refractivity contribution in [1.82, 2.24) is 5.32 Å². The van der Waals surface area contributed by atoms with E-state index in [9.17, 15) is 9.59 Å². The number of hydrogen-bond acceptors (Lipinski definition) is 4. The number of fused-ring (bicyclic) bond motifs is 1. The molecule has 4 N–H and O–H groups in total. The van der Waals surface area contributed by atoms with Gasteiger partial charge in [-0.2, -0.15) is 0 Å². The minimum absolute atomic E-state index is 0. The Bertz CT molecular complexity index is 623. The first-order valence-electron chi connectivity index (χ1n) is 8.15. The quantitative estimate of drug-likeness (QED) is 0.767. The van der Waals surface area contributed by atoms with Crippen LogP contribution < -0.4 is 16.4 Å². The Hall–Kier alpha value is -1.63. The highest BCUT2D eigenvalue weighted by atomic mass is 35.5. The number of benzene rings is 1. The third-order valence-corrected chi connectivity index (χ3v) is 4.55. The van der Waals surface area contributed by atoms with E-state index in [4.69, 9.17) is 10.5 Å². The molecule has 24 heavy (non-hydrogen) atoms. The number of halogens is 1. The van der Waals surface area contributed by atoms with Crippen molar-refractivity contribution in [1.29, 1.82) is 0 Å². The molecule has 0 bridgehead atoms. The van der Waals surface area contributed by atoms with Crippen molar-refractivity contribution in [3.8, 4) is 0 Å². The van der Waals surface area contributed by atoms with Crippen LogP contribution >= 0.6 is 12.4 Å². The van der Waals surface area contributed by atoms with Crippen LogP contribution in [0.15, 0.2) is 18.2 Å². The van der Waals surface area contributed by atoms with Gasteiger partial charge in [0.05, 0.1) is 12.1 Å². The van der Waals surface area contributed by atoms with Crippen LogP contribution in [0.4, 0.5) is 5.69 Å². The Morgan fingerprint density at radius 1 is 1.42 bits per heavy atom. The van der Waals surface area contributed by atoms with Gasteiger partial charge in [0.2, 0.25) is 11.8 Å². The summed E-state index contributed by atoms with van der Waals surface area (Å²) in [6.07, 6.45) is 2.39. The Labute approximate surface area is 147 Å². The van der Waals surface area contributed by atoms with E-state index < -0.39 is 6.10 Å². The first-order valence-corrected chi connectivity index (χ1v) is 8.15. The molecule has 3 rings (SSSR count). The van der Waals surface area contributed by atoms with Gasteiger partial charge < -0.3 is 21.1 Å². The molecule has 6 nitrogen and oxygen atoms in total. The smallest absolute Gasteiger partial charge is 0.249 e. The van der Waals surface area contributed by atoms with Crippen molar-refractivity contribution in [3.05, 3.63) is 29.3 Å². The van der Waals surface area contributed by atoms with Crippen LogP contribution in [-0.2, 0) is 20.7 Å². The number of nitrogens with two attached hydrogens (primary N) is 1. The maximum atomic E-state index is 12.3. The highest BCUT2D eigenvalue weighted by molar-refractivity contribution is 5.93. The lowest BCUT2D eigenvalue weighted by Gasteiger charge is -2.21. The minimum atomic E-state index is -0.400. The predicted molar refractivity (Wildman–Crippen MR) is 94.1 cm³/mol. The van der Waals surface area contributed by atoms with Gasteiger partial charge in [0, 0.05) is 18.7 Å². The van der Waals surface area contributed by atoms with Gasteiger partial charge in [-0.3, -0.25) is 9.59 Å². The molecule has 1 aromatic carbocycles. The van der Waals surface area contributed by atoms with E-state index in [1.54, 1.807) is 0 Å². The Balaban J connectivity index is 0.00000208. The highest BCUT2D eigenvalue weighted by Crippen LogP contribution is 2.26. The van der Waals surface area contributed by atoms with Gasteiger partial charge in [0.25, 0.3) is 0 Å². The van der Waals surface area contributed by atoms with Gasteiger partial charge in [-0.1, -0.05) is 12.1 Å². The standard InChI is InChI=1S/C17H23N3O3.ClH/c1-10(19-17(22)15-6-4-13(9-18)23-15)11-2-5-14-12(8-11)3-7-16(21)20-14;/h2,5,8,10,13,15H,3-4,6-7,9,18H2,1H3,(H,19,22)(H,20,21);1H/t10?,13-,15+;/m1./s1. The maximum absolute atomic E-state index is 12.3. The van der Waals surface area contributed by atoms with Crippen LogP contribution in [0, 0.1) is 0 Å². The molecule has 2 aliphatic rings. The lowest BCUT2D eigenvalue weighted by molar-refractivity contribution is -0.132. The van der Waals surface area contributed by atoms with E-state index >= 15 is 0 Å². The van der Waals surface area contributed by atoms with Crippen LogP contribution in [0.3, 0.4) is 0 Å². The Kier molecular flexibility index (Phi) is 6.21. The number of rotatable bonds is 4. The van der Waals surface area contributed by atoms with Crippen molar-refractivity contribution in [2.75, 3.05) is 11.9 Å². The van der Waals surface area contributed by atoms with Crippen molar-refractivity contribution in [3.63, 3.8) is 0 Å². The molecule has 1 unspecified atom stereocenters.